The zero-order valence-electron chi connectivity index (χ0n) is 16.6. The highest BCUT2D eigenvalue weighted by atomic mass is 16.5. The van der Waals surface area contributed by atoms with Crippen LogP contribution >= 0.6 is 0 Å². The number of fused-ring (bicyclic) bond motifs is 1. The molecule has 0 amide bonds. The molecule has 6 heteroatoms. The van der Waals surface area contributed by atoms with Gasteiger partial charge in [0.05, 0.1) is 28.8 Å². The van der Waals surface area contributed by atoms with Gasteiger partial charge in [-0.25, -0.2) is 9.78 Å². The number of carbonyl (C=O) groups is 1. The molecule has 4 aromatic rings. The number of rotatable bonds is 5. The second-order valence-corrected chi connectivity index (χ2v) is 6.65. The smallest absolute Gasteiger partial charge is 0.338 e. The maximum Gasteiger partial charge on any atom is 0.338 e. The monoisotopic (exact) mass is 397 g/mol. The third kappa shape index (κ3) is 3.61. The van der Waals surface area contributed by atoms with Crippen molar-refractivity contribution in [1.29, 1.82) is 5.26 Å². The quantitative estimate of drug-likeness (QED) is 0.347. The molecule has 2 aromatic heterocycles. The lowest BCUT2D eigenvalue weighted by Gasteiger charge is -2.02. The third-order valence-electron chi connectivity index (χ3n) is 4.74. The van der Waals surface area contributed by atoms with Crippen molar-refractivity contribution in [3.05, 3.63) is 77.8 Å². The third-order valence-corrected chi connectivity index (χ3v) is 4.74. The van der Waals surface area contributed by atoms with E-state index < -0.39 is 0 Å². The topological polar surface area (TPSA) is 81.0 Å². The summed E-state index contributed by atoms with van der Waals surface area (Å²) in [4.78, 5) is 16.4. The van der Waals surface area contributed by atoms with Crippen LogP contribution < -0.4 is 0 Å². The minimum Gasteiger partial charge on any atom is -0.462 e. The number of esters is 1. The van der Waals surface area contributed by atoms with Crippen molar-refractivity contribution in [3.8, 4) is 17.4 Å². The number of carbonyl (C=O) groups excluding carboxylic acids is 1. The van der Waals surface area contributed by atoms with Gasteiger partial charge in [0.15, 0.2) is 5.82 Å². The van der Waals surface area contributed by atoms with E-state index in [-0.39, 0.29) is 5.97 Å². The predicted octanol–water partition coefficient (Wildman–Crippen LogP) is 5.07. The molecule has 2 aromatic carbocycles. The van der Waals surface area contributed by atoms with Gasteiger partial charge in [0.1, 0.15) is 17.6 Å². The number of aromatic nitrogens is 2. The molecular weight excluding hydrogens is 378 g/mol. The van der Waals surface area contributed by atoms with E-state index in [0.717, 1.165) is 16.6 Å². The van der Waals surface area contributed by atoms with E-state index in [1.54, 1.807) is 43.3 Å². The van der Waals surface area contributed by atoms with Crippen LogP contribution in [-0.2, 0) is 11.8 Å². The number of para-hydroxylation sites is 2. The number of furan rings is 1. The Balaban J connectivity index is 1.63. The van der Waals surface area contributed by atoms with Gasteiger partial charge in [-0.2, -0.15) is 5.26 Å². The van der Waals surface area contributed by atoms with E-state index >= 15 is 0 Å². The molecule has 2 heterocycles. The summed E-state index contributed by atoms with van der Waals surface area (Å²) >= 11 is 0. The molecule has 6 nitrogen and oxygen atoms in total. The van der Waals surface area contributed by atoms with E-state index in [0.29, 0.717) is 35.1 Å². The van der Waals surface area contributed by atoms with Crippen molar-refractivity contribution in [3.63, 3.8) is 0 Å². The molecular formula is C24H19N3O3. The summed E-state index contributed by atoms with van der Waals surface area (Å²) in [6.07, 6.45) is 1.68. The van der Waals surface area contributed by atoms with Crippen LogP contribution in [0.25, 0.3) is 34.0 Å². The Hall–Kier alpha value is -4.11. The Bertz CT molecular complexity index is 1290. The number of ether oxygens (including phenoxy) is 1. The highest BCUT2D eigenvalue weighted by Gasteiger charge is 2.13. The molecule has 0 aliphatic heterocycles. The lowest BCUT2D eigenvalue weighted by molar-refractivity contribution is 0.0526. The number of allylic oxidation sites excluding steroid dienone is 1. The van der Waals surface area contributed by atoms with Crippen LogP contribution in [0.15, 0.2) is 65.1 Å². The van der Waals surface area contributed by atoms with Crippen LogP contribution in [0, 0.1) is 11.3 Å². The van der Waals surface area contributed by atoms with Crippen LogP contribution in [0.5, 0.6) is 0 Å². The highest BCUT2D eigenvalue weighted by Crippen LogP contribution is 2.26. The molecule has 0 bridgehead atoms. The fourth-order valence-electron chi connectivity index (χ4n) is 3.25. The Labute approximate surface area is 173 Å². The number of benzene rings is 2. The Morgan fingerprint density at radius 3 is 2.63 bits per heavy atom. The summed E-state index contributed by atoms with van der Waals surface area (Å²) in [5.74, 6) is 1.41. The number of nitrogens with zero attached hydrogens (tertiary/aromatic N) is 3. The molecule has 0 aliphatic rings. The zero-order valence-corrected chi connectivity index (χ0v) is 16.6. The largest absolute Gasteiger partial charge is 0.462 e. The number of hydrogen-bond acceptors (Lipinski definition) is 5. The molecule has 0 fully saturated rings. The number of nitriles is 1. The molecule has 0 atom stereocenters. The molecule has 30 heavy (non-hydrogen) atoms. The van der Waals surface area contributed by atoms with Crippen molar-refractivity contribution in [2.45, 2.75) is 6.92 Å². The summed E-state index contributed by atoms with van der Waals surface area (Å²) < 4.78 is 12.8. The van der Waals surface area contributed by atoms with Gasteiger partial charge in [0, 0.05) is 18.7 Å². The maximum atomic E-state index is 11.8. The van der Waals surface area contributed by atoms with E-state index in [9.17, 15) is 10.1 Å². The lowest BCUT2D eigenvalue weighted by Crippen LogP contribution is -2.03. The van der Waals surface area contributed by atoms with E-state index in [2.05, 4.69) is 11.1 Å². The Morgan fingerprint density at radius 2 is 1.93 bits per heavy atom. The minimum atomic E-state index is -0.353. The van der Waals surface area contributed by atoms with Crippen LogP contribution in [-0.4, -0.2) is 22.1 Å². The van der Waals surface area contributed by atoms with Gasteiger partial charge in [-0.1, -0.05) is 24.3 Å². The number of hydrogen-bond donors (Lipinski definition) is 0. The minimum absolute atomic E-state index is 0.335. The Morgan fingerprint density at radius 1 is 1.17 bits per heavy atom. The van der Waals surface area contributed by atoms with Gasteiger partial charge in [0.25, 0.3) is 0 Å². The number of aryl methyl sites for hydroxylation is 1. The van der Waals surface area contributed by atoms with Crippen LogP contribution in [0.4, 0.5) is 0 Å². The summed E-state index contributed by atoms with van der Waals surface area (Å²) in [6, 6.07) is 20.6. The van der Waals surface area contributed by atoms with Gasteiger partial charge < -0.3 is 13.7 Å². The summed E-state index contributed by atoms with van der Waals surface area (Å²) in [5, 5.41) is 9.68. The van der Waals surface area contributed by atoms with Crippen molar-refractivity contribution in [2.24, 2.45) is 7.05 Å². The maximum absolute atomic E-state index is 11.8. The molecule has 0 spiro atoms. The van der Waals surface area contributed by atoms with Crippen LogP contribution in [0.3, 0.4) is 0 Å². The molecule has 0 saturated heterocycles. The summed E-state index contributed by atoms with van der Waals surface area (Å²) in [5.41, 5.74) is 3.51. The summed E-state index contributed by atoms with van der Waals surface area (Å²) in [6.45, 7) is 2.11. The second-order valence-electron chi connectivity index (χ2n) is 6.65. The van der Waals surface area contributed by atoms with E-state index in [1.165, 1.54) is 0 Å². The summed E-state index contributed by atoms with van der Waals surface area (Å²) in [7, 11) is 1.88. The van der Waals surface area contributed by atoms with Crippen LogP contribution in [0.1, 0.15) is 28.9 Å². The zero-order chi connectivity index (χ0) is 21.1. The fraction of sp³-hybridized carbons (Fsp3) is 0.125. The first kappa shape index (κ1) is 19.2. The van der Waals surface area contributed by atoms with Gasteiger partial charge in [-0.15, -0.1) is 0 Å². The van der Waals surface area contributed by atoms with Gasteiger partial charge in [-0.3, -0.25) is 0 Å². The average molecular weight is 397 g/mol. The first-order chi connectivity index (χ1) is 14.6. The lowest BCUT2D eigenvalue weighted by atomic mass is 10.1. The molecule has 0 unspecified atom stereocenters. The molecule has 0 saturated carbocycles. The van der Waals surface area contributed by atoms with E-state index in [4.69, 9.17) is 9.15 Å². The normalized spacial score (nSPS) is 11.4. The highest BCUT2D eigenvalue weighted by molar-refractivity contribution is 5.91. The van der Waals surface area contributed by atoms with Crippen molar-refractivity contribution in [2.75, 3.05) is 6.61 Å². The van der Waals surface area contributed by atoms with Crippen LogP contribution in [0.2, 0.25) is 0 Å². The number of imidazole rings is 1. The molecule has 0 N–H and O–H groups in total. The average Bonchev–Trinajstić information content (AvgIpc) is 3.37. The fourth-order valence-corrected chi connectivity index (χ4v) is 3.25. The molecule has 0 aliphatic carbocycles. The van der Waals surface area contributed by atoms with E-state index in [1.807, 2.05) is 41.9 Å². The standard InChI is InChI=1S/C24H19N3O3/c1-3-29-24(28)17-10-8-16(9-11-17)22-13-12-19(30-22)14-18(15-25)23-26-20-6-4-5-7-21(20)27(23)2/h4-14H,3H2,1-2H3/b18-14-. The van der Waals surface area contributed by atoms with Crippen molar-refractivity contribution < 1.29 is 13.9 Å². The van der Waals surface area contributed by atoms with Crippen molar-refractivity contribution in [1.82, 2.24) is 9.55 Å². The second kappa shape index (κ2) is 8.10. The van der Waals surface area contributed by atoms with Gasteiger partial charge >= 0.3 is 5.97 Å². The first-order valence-corrected chi connectivity index (χ1v) is 9.51. The van der Waals surface area contributed by atoms with Gasteiger partial charge in [0.2, 0.25) is 0 Å². The van der Waals surface area contributed by atoms with Crippen molar-refractivity contribution >= 4 is 28.7 Å². The Kier molecular flexibility index (Phi) is 5.19. The SMILES string of the molecule is CCOC(=O)c1ccc(-c2ccc(/C=C(/C#N)c3nc4ccccc4n3C)o2)cc1. The molecule has 148 valence electrons. The molecule has 0 radical (unpaired) electrons. The van der Waals surface area contributed by atoms with Gasteiger partial charge in [-0.05, 0) is 43.3 Å². The predicted molar refractivity (Wildman–Crippen MR) is 114 cm³/mol. The molecule has 4 rings (SSSR count). The first-order valence-electron chi connectivity index (χ1n) is 9.51.